The second kappa shape index (κ2) is 4.50. The van der Waals surface area contributed by atoms with E-state index in [1.807, 2.05) is 0 Å². The summed E-state index contributed by atoms with van der Waals surface area (Å²) in [5.74, 6) is 0.112. The molecule has 1 aliphatic rings. The van der Waals surface area contributed by atoms with Crippen LogP contribution in [0.1, 0.15) is 37.3 Å². The predicted molar refractivity (Wildman–Crippen MR) is 60.3 cm³/mol. The highest BCUT2D eigenvalue weighted by atomic mass is 35.5. The van der Waals surface area contributed by atoms with E-state index in [1.54, 1.807) is 12.1 Å². The summed E-state index contributed by atoms with van der Waals surface area (Å²) in [6, 6.07) is 4.49. The SMILES string of the molecule is N[C@H](c1c(F)cccc1Cl)C1CCCC1. The number of hydrogen-bond donors (Lipinski definition) is 1. The Morgan fingerprint density at radius 3 is 2.60 bits per heavy atom. The molecule has 3 heteroatoms. The molecule has 0 amide bonds. The molecule has 1 aliphatic carbocycles. The van der Waals surface area contributed by atoms with Gasteiger partial charge in [-0.1, -0.05) is 30.5 Å². The van der Waals surface area contributed by atoms with E-state index in [2.05, 4.69) is 0 Å². The van der Waals surface area contributed by atoms with E-state index in [9.17, 15) is 4.39 Å². The lowest BCUT2D eigenvalue weighted by atomic mass is 9.92. The largest absolute Gasteiger partial charge is 0.324 e. The van der Waals surface area contributed by atoms with Gasteiger partial charge in [-0.2, -0.15) is 0 Å². The molecular weight excluding hydrogens is 213 g/mol. The molecule has 2 N–H and O–H groups in total. The highest BCUT2D eigenvalue weighted by Gasteiger charge is 2.26. The highest BCUT2D eigenvalue weighted by molar-refractivity contribution is 6.31. The standard InChI is InChI=1S/C12H15ClFN/c13-9-6-3-7-10(14)11(9)12(15)8-4-1-2-5-8/h3,6-8,12H,1-2,4-5,15H2/t12-/m0/s1. The molecule has 0 aromatic heterocycles. The van der Waals surface area contributed by atoms with Crippen LogP contribution in [0.4, 0.5) is 4.39 Å². The third-order valence-corrected chi connectivity index (χ3v) is 3.57. The lowest BCUT2D eigenvalue weighted by Gasteiger charge is -2.20. The first-order valence-corrected chi connectivity index (χ1v) is 5.77. The average Bonchev–Trinajstić information content (AvgIpc) is 2.69. The van der Waals surface area contributed by atoms with Gasteiger partial charge in [-0.25, -0.2) is 4.39 Å². The molecule has 82 valence electrons. The van der Waals surface area contributed by atoms with Crippen molar-refractivity contribution in [3.63, 3.8) is 0 Å². The van der Waals surface area contributed by atoms with Crippen molar-refractivity contribution in [2.75, 3.05) is 0 Å². The average molecular weight is 228 g/mol. The number of halogens is 2. The van der Waals surface area contributed by atoms with Crippen LogP contribution in [0.3, 0.4) is 0 Å². The Hall–Kier alpha value is -0.600. The number of rotatable bonds is 2. The molecule has 1 atom stereocenters. The first-order valence-electron chi connectivity index (χ1n) is 5.39. The molecule has 0 heterocycles. The van der Waals surface area contributed by atoms with Crippen LogP contribution in [0.15, 0.2) is 18.2 Å². The van der Waals surface area contributed by atoms with Gasteiger partial charge in [-0.3, -0.25) is 0 Å². The molecule has 1 nitrogen and oxygen atoms in total. The minimum atomic E-state index is -0.276. The van der Waals surface area contributed by atoms with E-state index in [4.69, 9.17) is 17.3 Å². The smallest absolute Gasteiger partial charge is 0.129 e. The molecule has 0 unspecified atom stereocenters. The first-order chi connectivity index (χ1) is 7.20. The fourth-order valence-electron chi connectivity index (χ4n) is 2.38. The zero-order valence-electron chi connectivity index (χ0n) is 8.55. The summed E-state index contributed by atoms with van der Waals surface area (Å²) in [5, 5.41) is 0.453. The van der Waals surface area contributed by atoms with Crippen LogP contribution in [0, 0.1) is 11.7 Å². The monoisotopic (exact) mass is 227 g/mol. The van der Waals surface area contributed by atoms with Gasteiger partial charge in [0.1, 0.15) is 5.82 Å². The van der Waals surface area contributed by atoms with Crippen LogP contribution >= 0.6 is 11.6 Å². The lowest BCUT2D eigenvalue weighted by molar-refractivity contribution is 0.429. The third kappa shape index (κ3) is 2.16. The van der Waals surface area contributed by atoms with Crippen LogP contribution in [-0.2, 0) is 0 Å². The summed E-state index contributed by atoms with van der Waals surface area (Å²) < 4.78 is 13.6. The van der Waals surface area contributed by atoms with E-state index in [0.717, 1.165) is 12.8 Å². The van der Waals surface area contributed by atoms with Crippen molar-refractivity contribution >= 4 is 11.6 Å². The van der Waals surface area contributed by atoms with E-state index >= 15 is 0 Å². The summed E-state index contributed by atoms with van der Waals surface area (Å²) in [6.07, 6.45) is 4.58. The summed E-state index contributed by atoms with van der Waals surface area (Å²) in [7, 11) is 0. The first kappa shape index (κ1) is 10.9. The van der Waals surface area contributed by atoms with Crippen molar-refractivity contribution in [3.05, 3.63) is 34.6 Å². The van der Waals surface area contributed by atoms with Gasteiger partial charge < -0.3 is 5.73 Å². The summed E-state index contributed by atoms with van der Waals surface area (Å²) in [6.45, 7) is 0. The van der Waals surface area contributed by atoms with Gasteiger partial charge in [-0.15, -0.1) is 0 Å². The highest BCUT2D eigenvalue weighted by Crippen LogP contribution is 2.37. The van der Waals surface area contributed by atoms with E-state index in [0.29, 0.717) is 16.5 Å². The Morgan fingerprint density at radius 1 is 1.33 bits per heavy atom. The predicted octanol–water partition coefficient (Wildman–Crippen LogP) is 3.67. The minimum absolute atomic E-state index is 0.249. The van der Waals surface area contributed by atoms with Gasteiger partial charge >= 0.3 is 0 Å². The van der Waals surface area contributed by atoms with Crippen LogP contribution in [0.5, 0.6) is 0 Å². The van der Waals surface area contributed by atoms with Gasteiger partial charge in [0.05, 0.1) is 0 Å². The quantitative estimate of drug-likeness (QED) is 0.820. The minimum Gasteiger partial charge on any atom is -0.324 e. The molecule has 2 rings (SSSR count). The Morgan fingerprint density at radius 2 is 2.00 bits per heavy atom. The van der Waals surface area contributed by atoms with Crippen LogP contribution in [-0.4, -0.2) is 0 Å². The van der Waals surface area contributed by atoms with Crippen molar-refractivity contribution < 1.29 is 4.39 Å². The maximum atomic E-state index is 13.6. The maximum Gasteiger partial charge on any atom is 0.129 e. The van der Waals surface area contributed by atoms with E-state index < -0.39 is 0 Å². The third-order valence-electron chi connectivity index (χ3n) is 3.24. The van der Waals surface area contributed by atoms with Crippen molar-refractivity contribution in [2.45, 2.75) is 31.7 Å². The van der Waals surface area contributed by atoms with Crippen molar-refractivity contribution in [2.24, 2.45) is 11.7 Å². The Bertz CT molecular complexity index is 327. The lowest BCUT2D eigenvalue weighted by Crippen LogP contribution is -2.20. The molecular formula is C12H15ClFN. The van der Waals surface area contributed by atoms with Gasteiger partial charge in [0, 0.05) is 16.6 Å². The van der Waals surface area contributed by atoms with Crippen molar-refractivity contribution in [1.82, 2.24) is 0 Å². The number of hydrogen-bond acceptors (Lipinski definition) is 1. The normalized spacial score (nSPS) is 19.4. The molecule has 1 aromatic rings. The van der Waals surface area contributed by atoms with Crippen LogP contribution in [0.25, 0.3) is 0 Å². The van der Waals surface area contributed by atoms with Crippen LogP contribution < -0.4 is 5.73 Å². The van der Waals surface area contributed by atoms with Gasteiger partial charge in [0.2, 0.25) is 0 Å². The number of benzene rings is 1. The van der Waals surface area contributed by atoms with Gasteiger partial charge in [0.15, 0.2) is 0 Å². The maximum absolute atomic E-state index is 13.6. The second-order valence-electron chi connectivity index (χ2n) is 4.21. The zero-order valence-corrected chi connectivity index (χ0v) is 9.30. The van der Waals surface area contributed by atoms with E-state index in [1.165, 1.54) is 18.9 Å². The van der Waals surface area contributed by atoms with Crippen LogP contribution in [0.2, 0.25) is 5.02 Å². The van der Waals surface area contributed by atoms with Gasteiger partial charge in [-0.05, 0) is 30.9 Å². The summed E-state index contributed by atoms with van der Waals surface area (Å²) in [4.78, 5) is 0. The fourth-order valence-corrected chi connectivity index (χ4v) is 2.67. The topological polar surface area (TPSA) is 26.0 Å². The Labute approximate surface area is 94.4 Å². The molecule has 0 aliphatic heterocycles. The number of nitrogens with two attached hydrogens (primary N) is 1. The fraction of sp³-hybridized carbons (Fsp3) is 0.500. The molecule has 1 saturated carbocycles. The molecule has 15 heavy (non-hydrogen) atoms. The summed E-state index contributed by atoms with van der Waals surface area (Å²) >= 11 is 5.98. The van der Waals surface area contributed by atoms with Crippen molar-refractivity contribution in [3.8, 4) is 0 Å². The van der Waals surface area contributed by atoms with Crippen molar-refractivity contribution in [1.29, 1.82) is 0 Å². The zero-order chi connectivity index (χ0) is 10.8. The molecule has 0 bridgehead atoms. The van der Waals surface area contributed by atoms with Gasteiger partial charge in [0.25, 0.3) is 0 Å². The van der Waals surface area contributed by atoms with E-state index in [-0.39, 0.29) is 11.9 Å². The molecule has 1 fully saturated rings. The molecule has 0 spiro atoms. The Kier molecular flexibility index (Phi) is 3.27. The summed E-state index contributed by atoms with van der Waals surface area (Å²) in [5.41, 5.74) is 6.57. The Balaban J connectivity index is 2.27. The second-order valence-corrected chi connectivity index (χ2v) is 4.61. The molecule has 0 radical (unpaired) electrons. The molecule has 1 aromatic carbocycles. The molecule has 0 saturated heterocycles.